The lowest BCUT2D eigenvalue weighted by molar-refractivity contribution is -0.125. The summed E-state index contributed by atoms with van der Waals surface area (Å²) in [5, 5.41) is 0. The SMILES string of the molecule is CCCCCCCC/C=C/CCCCCCCC(=O)CC(CCCCN)CN1CC(=O)N(CCCC)C1=O. The minimum atomic E-state index is -0.183. The van der Waals surface area contributed by atoms with E-state index in [9.17, 15) is 14.4 Å². The van der Waals surface area contributed by atoms with Gasteiger partial charge in [0.1, 0.15) is 12.3 Å². The van der Waals surface area contributed by atoms with Crippen LogP contribution in [0.25, 0.3) is 0 Å². The molecule has 1 aliphatic rings. The number of rotatable bonds is 26. The fraction of sp³-hybridized carbons (Fsp3) is 0.844. The van der Waals surface area contributed by atoms with Gasteiger partial charge < -0.3 is 10.6 Å². The number of hydrogen-bond acceptors (Lipinski definition) is 4. The van der Waals surface area contributed by atoms with Gasteiger partial charge in [0, 0.05) is 25.9 Å². The minimum absolute atomic E-state index is 0.108. The molecule has 0 radical (unpaired) electrons. The molecule has 0 aromatic heterocycles. The molecule has 1 aliphatic heterocycles. The van der Waals surface area contributed by atoms with Crippen molar-refractivity contribution in [3.05, 3.63) is 12.2 Å². The highest BCUT2D eigenvalue weighted by Crippen LogP contribution is 2.21. The molecule has 2 N–H and O–H groups in total. The molecule has 3 amide bonds. The van der Waals surface area contributed by atoms with Crippen LogP contribution in [0.15, 0.2) is 12.2 Å². The molecule has 38 heavy (non-hydrogen) atoms. The second-order valence-electron chi connectivity index (χ2n) is 11.3. The molecule has 1 rings (SSSR count). The summed E-state index contributed by atoms with van der Waals surface area (Å²) in [4.78, 5) is 40.8. The number of allylic oxidation sites excluding steroid dienone is 2. The first-order valence-corrected chi connectivity index (χ1v) is 16.0. The number of carbonyl (C=O) groups is 3. The van der Waals surface area contributed by atoms with Crippen molar-refractivity contribution < 1.29 is 14.4 Å². The highest BCUT2D eigenvalue weighted by Gasteiger charge is 2.36. The Bertz CT molecular complexity index is 664. The molecule has 0 aromatic rings. The largest absolute Gasteiger partial charge is 0.330 e. The van der Waals surface area contributed by atoms with E-state index in [1.54, 1.807) is 4.90 Å². The molecule has 0 saturated carbocycles. The van der Waals surface area contributed by atoms with Gasteiger partial charge in [-0.2, -0.15) is 0 Å². The number of nitrogens with zero attached hydrogens (tertiary/aromatic N) is 2. The summed E-state index contributed by atoms with van der Waals surface area (Å²) in [6, 6.07) is -0.183. The Hall–Kier alpha value is -1.69. The average molecular weight is 534 g/mol. The summed E-state index contributed by atoms with van der Waals surface area (Å²) in [6.07, 6.45) is 26.7. The number of amides is 3. The van der Waals surface area contributed by atoms with Gasteiger partial charge in [-0.05, 0) is 63.8 Å². The van der Waals surface area contributed by atoms with Gasteiger partial charge in [-0.15, -0.1) is 0 Å². The maximum absolute atomic E-state index is 12.7. The van der Waals surface area contributed by atoms with Crippen molar-refractivity contribution in [2.45, 2.75) is 142 Å². The van der Waals surface area contributed by atoms with E-state index in [0.717, 1.165) is 44.9 Å². The lowest BCUT2D eigenvalue weighted by Crippen LogP contribution is -2.36. The predicted octanol–water partition coefficient (Wildman–Crippen LogP) is 7.79. The van der Waals surface area contributed by atoms with Crippen LogP contribution in [0, 0.1) is 5.92 Å². The van der Waals surface area contributed by atoms with Gasteiger partial charge in [0.25, 0.3) is 0 Å². The summed E-state index contributed by atoms with van der Waals surface area (Å²) in [5.74, 6) is 0.296. The van der Waals surface area contributed by atoms with E-state index in [1.807, 2.05) is 0 Å². The quantitative estimate of drug-likeness (QED) is 0.0698. The molecular formula is C32H59N3O3. The molecule has 1 unspecified atom stereocenters. The standard InChI is InChI=1S/C32H59N3O3/c1-3-5-7-8-9-10-11-12-13-14-15-16-17-18-19-23-30(36)26-29(22-20-21-24-33)27-34-28-31(37)35(32(34)38)25-6-4-2/h12-13,29H,3-11,14-28,33H2,1-2H3/b13-12+. The van der Waals surface area contributed by atoms with Gasteiger partial charge in [-0.1, -0.05) is 90.2 Å². The Balaban J connectivity index is 2.21. The highest BCUT2D eigenvalue weighted by atomic mass is 16.2. The lowest BCUT2D eigenvalue weighted by atomic mass is 9.93. The van der Waals surface area contributed by atoms with E-state index in [4.69, 9.17) is 5.73 Å². The third-order valence-electron chi connectivity index (χ3n) is 7.64. The lowest BCUT2D eigenvalue weighted by Gasteiger charge is -2.23. The van der Waals surface area contributed by atoms with Crippen molar-refractivity contribution in [2.75, 3.05) is 26.2 Å². The summed E-state index contributed by atoms with van der Waals surface area (Å²) in [6.45, 7) is 6.10. The molecule has 1 fully saturated rings. The Morgan fingerprint density at radius 2 is 1.42 bits per heavy atom. The first kappa shape index (κ1) is 34.3. The second kappa shape index (κ2) is 23.2. The second-order valence-corrected chi connectivity index (χ2v) is 11.3. The molecule has 0 aromatic carbocycles. The molecule has 0 aliphatic carbocycles. The van der Waals surface area contributed by atoms with Crippen LogP contribution < -0.4 is 5.73 Å². The van der Waals surface area contributed by atoms with Crippen LogP contribution in [-0.4, -0.2) is 53.7 Å². The minimum Gasteiger partial charge on any atom is -0.330 e. The third kappa shape index (κ3) is 16.3. The van der Waals surface area contributed by atoms with Crippen LogP contribution in [0.3, 0.4) is 0 Å². The van der Waals surface area contributed by atoms with Gasteiger partial charge in [0.15, 0.2) is 0 Å². The van der Waals surface area contributed by atoms with E-state index in [2.05, 4.69) is 26.0 Å². The number of ketones is 1. The number of carbonyl (C=O) groups excluding carboxylic acids is 3. The normalized spacial score (nSPS) is 14.8. The topological polar surface area (TPSA) is 83.7 Å². The summed E-state index contributed by atoms with van der Waals surface area (Å²) < 4.78 is 0. The molecule has 6 heteroatoms. The van der Waals surface area contributed by atoms with Gasteiger partial charge in [-0.3, -0.25) is 14.5 Å². The molecule has 6 nitrogen and oxygen atoms in total. The molecule has 1 atom stereocenters. The first-order chi connectivity index (χ1) is 18.5. The maximum Gasteiger partial charge on any atom is 0.327 e. The van der Waals surface area contributed by atoms with Crippen LogP contribution >= 0.6 is 0 Å². The number of nitrogens with two attached hydrogens (primary N) is 1. The van der Waals surface area contributed by atoms with E-state index < -0.39 is 0 Å². The summed E-state index contributed by atoms with van der Waals surface area (Å²) in [7, 11) is 0. The molecule has 0 spiro atoms. The smallest absolute Gasteiger partial charge is 0.327 e. The van der Waals surface area contributed by atoms with Crippen molar-refractivity contribution in [1.82, 2.24) is 9.80 Å². The van der Waals surface area contributed by atoms with Crippen molar-refractivity contribution in [3.63, 3.8) is 0 Å². The van der Waals surface area contributed by atoms with Crippen molar-refractivity contribution in [1.29, 1.82) is 0 Å². The van der Waals surface area contributed by atoms with Gasteiger partial charge in [-0.25, -0.2) is 4.79 Å². The van der Waals surface area contributed by atoms with E-state index in [-0.39, 0.29) is 24.4 Å². The van der Waals surface area contributed by atoms with E-state index in [0.29, 0.717) is 38.3 Å². The molecular weight excluding hydrogens is 474 g/mol. The Kier molecular flexibility index (Phi) is 21.0. The fourth-order valence-corrected chi connectivity index (χ4v) is 5.24. The van der Waals surface area contributed by atoms with Crippen LogP contribution in [0.5, 0.6) is 0 Å². The number of imide groups is 1. The highest BCUT2D eigenvalue weighted by molar-refractivity contribution is 6.02. The summed E-state index contributed by atoms with van der Waals surface area (Å²) in [5.41, 5.74) is 5.67. The number of urea groups is 1. The van der Waals surface area contributed by atoms with E-state index in [1.165, 1.54) is 75.5 Å². The monoisotopic (exact) mass is 533 g/mol. The maximum atomic E-state index is 12.7. The van der Waals surface area contributed by atoms with E-state index >= 15 is 0 Å². The zero-order chi connectivity index (χ0) is 27.8. The third-order valence-corrected chi connectivity index (χ3v) is 7.64. The molecule has 220 valence electrons. The van der Waals surface area contributed by atoms with Crippen molar-refractivity contribution in [2.24, 2.45) is 11.7 Å². The summed E-state index contributed by atoms with van der Waals surface area (Å²) >= 11 is 0. The zero-order valence-corrected chi connectivity index (χ0v) is 24.9. The average Bonchev–Trinajstić information content (AvgIpc) is 3.16. The molecule has 1 saturated heterocycles. The molecule has 1 heterocycles. The number of unbranched alkanes of at least 4 members (excludes halogenated alkanes) is 13. The number of Topliss-reactive ketones (excluding diaryl/α,β-unsaturated/α-hetero) is 1. The predicted molar refractivity (Wildman–Crippen MR) is 159 cm³/mol. The Morgan fingerprint density at radius 3 is 2.05 bits per heavy atom. The van der Waals surface area contributed by atoms with Crippen LogP contribution in [0.4, 0.5) is 4.79 Å². The van der Waals surface area contributed by atoms with Gasteiger partial charge in [0.2, 0.25) is 5.91 Å². The van der Waals surface area contributed by atoms with Gasteiger partial charge in [0.05, 0.1) is 0 Å². The Morgan fingerprint density at radius 1 is 0.816 bits per heavy atom. The zero-order valence-electron chi connectivity index (χ0n) is 24.9. The Labute approximate surface area is 234 Å². The van der Waals surface area contributed by atoms with Crippen LogP contribution in [-0.2, 0) is 9.59 Å². The van der Waals surface area contributed by atoms with Crippen molar-refractivity contribution in [3.8, 4) is 0 Å². The van der Waals surface area contributed by atoms with Crippen LogP contribution in [0.2, 0.25) is 0 Å². The van der Waals surface area contributed by atoms with Crippen molar-refractivity contribution >= 4 is 17.7 Å². The fourth-order valence-electron chi connectivity index (χ4n) is 5.24. The van der Waals surface area contributed by atoms with Gasteiger partial charge >= 0.3 is 6.03 Å². The molecule has 0 bridgehead atoms. The first-order valence-electron chi connectivity index (χ1n) is 16.0. The number of hydrogen-bond donors (Lipinski definition) is 1. The van der Waals surface area contributed by atoms with Crippen LogP contribution in [0.1, 0.15) is 142 Å².